The first-order valence-corrected chi connectivity index (χ1v) is 6.08. The number of aryl methyl sites for hydroxylation is 1. The Kier molecular flexibility index (Phi) is 3.83. The van der Waals surface area contributed by atoms with Crippen LogP contribution in [0.4, 0.5) is 0 Å². The van der Waals surface area contributed by atoms with Crippen molar-refractivity contribution in [2.24, 2.45) is 4.40 Å². The van der Waals surface area contributed by atoms with Gasteiger partial charge in [0.2, 0.25) is 0 Å². The zero-order valence-electron chi connectivity index (χ0n) is 9.50. The lowest BCUT2D eigenvalue weighted by Gasteiger charge is -1.97. The fourth-order valence-electron chi connectivity index (χ4n) is 1.34. The lowest BCUT2D eigenvalue weighted by atomic mass is 10.2. The molecule has 0 unspecified atom stereocenters. The second-order valence-corrected chi connectivity index (χ2v) is 4.56. The average Bonchev–Trinajstić information content (AvgIpc) is 2.34. The molecule has 0 spiro atoms. The van der Waals surface area contributed by atoms with Gasteiger partial charge in [-0.15, -0.1) is 0 Å². The number of hydrogen-bond acceptors (Lipinski definition) is 3. The van der Waals surface area contributed by atoms with Gasteiger partial charge in [-0.2, -0.15) is 0 Å². The van der Waals surface area contributed by atoms with Crippen LogP contribution in [0.1, 0.15) is 11.1 Å². The molecule has 86 valence electrons. The molecule has 0 atom stereocenters. The number of benzene rings is 2. The molecule has 2 aromatic rings. The highest BCUT2D eigenvalue weighted by Crippen LogP contribution is 2.20. The Labute approximate surface area is 105 Å². The summed E-state index contributed by atoms with van der Waals surface area (Å²) in [6, 6.07) is 15.3. The zero-order chi connectivity index (χ0) is 12.1. The number of hydrogen-bond donors (Lipinski definition) is 1. The van der Waals surface area contributed by atoms with Gasteiger partial charge in [0.25, 0.3) is 0 Å². The Morgan fingerprint density at radius 3 is 2.47 bits per heavy atom. The van der Waals surface area contributed by atoms with Crippen LogP contribution in [0.2, 0.25) is 0 Å². The molecule has 1 N–H and O–H groups in total. The number of para-hydroxylation sites is 1. The van der Waals surface area contributed by atoms with E-state index in [4.69, 9.17) is 0 Å². The molecular formula is C14H13NOS. The Morgan fingerprint density at radius 1 is 1.06 bits per heavy atom. The molecule has 2 aromatic carbocycles. The van der Waals surface area contributed by atoms with Crippen LogP contribution in [0, 0.1) is 6.92 Å². The predicted molar refractivity (Wildman–Crippen MR) is 72.7 cm³/mol. The molecular weight excluding hydrogens is 230 g/mol. The molecule has 2 rings (SSSR count). The Balaban J connectivity index is 2.03. The van der Waals surface area contributed by atoms with Crippen molar-refractivity contribution in [3.63, 3.8) is 0 Å². The summed E-state index contributed by atoms with van der Waals surface area (Å²) in [5.74, 6) is 0.251. The van der Waals surface area contributed by atoms with Gasteiger partial charge >= 0.3 is 0 Å². The third-order valence-corrected chi connectivity index (χ3v) is 3.00. The highest BCUT2D eigenvalue weighted by atomic mass is 32.2. The molecule has 0 aliphatic heterocycles. The number of nitrogens with zero attached hydrogens (tertiary/aromatic N) is 1. The summed E-state index contributed by atoms with van der Waals surface area (Å²) >= 11 is 1.39. The van der Waals surface area contributed by atoms with Crippen molar-refractivity contribution in [1.29, 1.82) is 0 Å². The van der Waals surface area contributed by atoms with Crippen LogP contribution in [0.3, 0.4) is 0 Å². The van der Waals surface area contributed by atoms with Crippen molar-refractivity contribution in [2.45, 2.75) is 11.8 Å². The molecule has 0 aliphatic carbocycles. The van der Waals surface area contributed by atoms with E-state index >= 15 is 0 Å². The van der Waals surface area contributed by atoms with E-state index in [1.165, 1.54) is 17.5 Å². The van der Waals surface area contributed by atoms with Crippen LogP contribution in [-0.2, 0) is 0 Å². The molecule has 2 nitrogen and oxygen atoms in total. The summed E-state index contributed by atoms with van der Waals surface area (Å²) in [5.41, 5.74) is 1.96. The minimum atomic E-state index is 0.251. The van der Waals surface area contributed by atoms with Gasteiger partial charge in [0, 0.05) is 28.6 Å². The van der Waals surface area contributed by atoms with Crippen molar-refractivity contribution in [3.05, 3.63) is 59.7 Å². The molecule has 0 saturated carbocycles. The Morgan fingerprint density at radius 2 is 1.76 bits per heavy atom. The van der Waals surface area contributed by atoms with Crippen molar-refractivity contribution in [1.82, 2.24) is 0 Å². The smallest absolute Gasteiger partial charge is 0.124 e. The second-order valence-electron chi connectivity index (χ2n) is 3.70. The fourth-order valence-corrected chi connectivity index (χ4v) is 1.89. The SMILES string of the molecule is Cc1ccc(SN=Cc2ccccc2O)cc1. The van der Waals surface area contributed by atoms with Gasteiger partial charge in [-0.25, -0.2) is 4.40 Å². The van der Waals surface area contributed by atoms with Crippen LogP contribution in [0.25, 0.3) is 0 Å². The molecule has 0 heterocycles. The van der Waals surface area contributed by atoms with Gasteiger partial charge in [0.15, 0.2) is 0 Å². The van der Waals surface area contributed by atoms with Crippen molar-refractivity contribution >= 4 is 18.2 Å². The van der Waals surface area contributed by atoms with E-state index < -0.39 is 0 Å². The summed E-state index contributed by atoms with van der Waals surface area (Å²) in [5, 5.41) is 9.54. The number of aromatic hydroxyl groups is 1. The lowest BCUT2D eigenvalue weighted by Crippen LogP contribution is -1.80. The predicted octanol–water partition coefficient (Wildman–Crippen LogP) is 3.83. The molecule has 0 aromatic heterocycles. The molecule has 0 bridgehead atoms. The van der Waals surface area contributed by atoms with E-state index in [2.05, 4.69) is 23.5 Å². The summed E-state index contributed by atoms with van der Waals surface area (Å²) < 4.78 is 4.23. The molecule has 17 heavy (non-hydrogen) atoms. The first kappa shape index (κ1) is 11.7. The molecule has 0 radical (unpaired) electrons. The minimum absolute atomic E-state index is 0.251. The van der Waals surface area contributed by atoms with E-state index in [-0.39, 0.29) is 5.75 Å². The quantitative estimate of drug-likeness (QED) is 0.656. The summed E-state index contributed by atoms with van der Waals surface area (Å²) in [6.07, 6.45) is 1.67. The van der Waals surface area contributed by atoms with Gasteiger partial charge < -0.3 is 5.11 Å². The normalized spacial score (nSPS) is 10.9. The maximum Gasteiger partial charge on any atom is 0.124 e. The summed E-state index contributed by atoms with van der Waals surface area (Å²) in [6.45, 7) is 2.06. The maximum atomic E-state index is 9.54. The highest BCUT2D eigenvalue weighted by molar-refractivity contribution is 7.98. The molecule has 3 heteroatoms. The second kappa shape index (κ2) is 5.55. The zero-order valence-corrected chi connectivity index (χ0v) is 10.3. The van der Waals surface area contributed by atoms with Gasteiger partial charge in [0.05, 0.1) is 0 Å². The lowest BCUT2D eigenvalue weighted by molar-refractivity contribution is 0.474. The molecule has 0 fully saturated rings. The van der Waals surface area contributed by atoms with E-state index in [0.29, 0.717) is 0 Å². The molecule has 0 amide bonds. The third kappa shape index (κ3) is 3.36. The number of phenolic OH excluding ortho intramolecular Hbond substituents is 1. The fraction of sp³-hybridized carbons (Fsp3) is 0.0714. The number of phenols is 1. The average molecular weight is 243 g/mol. The Hall–Kier alpha value is -1.74. The van der Waals surface area contributed by atoms with E-state index in [9.17, 15) is 5.11 Å². The van der Waals surface area contributed by atoms with Crippen LogP contribution in [0.5, 0.6) is 5.75 Å². The topological polar surface area (TPSA) is 32.6 Å². The third-order valence-electron chi connectivity index (χ3n) is 2.31. The van der Waals surface area contributed by atoms with E-state index in [1.54, 1.807) is 18.3 Å². The van der Waals surface area contributed by atoms with Gasteiger partial charge in [-0.05, 0) is 31.2 Å². The van der Waals surface area contributed by atoms with Crippen molar-refractivity contribution < 1.29 is 5.11 Å². The Bertz CT molecular complexity index is 520. The van der Waals surface area contributed by atoms with Gasteiger partial charge in [-0.3, -0.25) is 0 Å². The van der Waals surface area contributed by atoms with E-state index in [0.717, 1.165) is 10.5 Å². The van der Waals surface area contributed by atoms with E-state index in [1.807, 2.05) is 24.3 Å². The van der Waals surface area contributed by atoms with Gasteiger partial charge in [0.1, 0.15) is 5.75 Å². The first-order valence-electron chi connectivity index (χ1n) is 5.31. The largest absolute Gasteiger partial charge is 0.507 e. The first-order chi connectivity index (χ1) is 8.25. The van der Waals surface area contributed by atoms with Crippen LogP contribution in [0.15, 0.2) is 57.8 Å². The molecule has 0 aliphatic rings. The van der Waals surface area contributed by atoms with Crippen LogP contribution >= 0.6 is 11.9 Å². The van der Waals surface area contributed by atoms with Gasteiger partial charge in [-0.1, -0.05) is 29.8 Å². The highest BCUT2D eigenvalue weighted by Gasteiger charge is 1.95. The monoisotopic (exact) mass is 243 g/mol. The van der Waals surface area contributed by atoms with Crippen LogP contribution in [-0.4, -0.2) is 11.3 Å². The van der Waals surface area contributed by atoms with Crippen molar-refractivity contribution in [2.75, 3.05) is 0 Å². The molecule has 0 saturated heterocycles. The van der Waals surface area contributed by atoms with Crippen molar-refractivity contribution in [3.8, 4) is 5.75 Å². The summed E-state index contributed by atoms with van der Waals surface area (Å²) in [4.78, 5) is 1.09. The maximum absolute atomic E-state index is 9.54. The van der Waals surface area contributed by atoms with Crippen LogP contribution < -0.4 is 0 Å². The number of rotatable bonds is 3. The standard InChI is InChI=1S/C14H13NOS/c1-11-6-8-13(9-7-11)17-15-10-12-4-2-3-5-14(12)16/h2-10,16H,1H3. The summed E-state index contributed by atoms with van der Waals surface area (Å²) in [7, 11) is 0. The minimum Gasteiger partial charge on any atom is -0.507 e.